The van der Waals surface area contributed by atoms with Gasteiger partial charge in [0, 0.05) is 11.0 Å². The molecule has 22 heavy (non-hydrogen) atoms. The monoisotopic (exact) mass is 364 g/mol. The van der Waals surface area contributed by atoms with Crippen molar-refractivity contribution in [3.8, 4) is 0 Å². The summed E-state index contributed by atoms with van der Waals surface area (Å²) < 4.78 is 1.07. The van der Waals surface area contributed by atoms with E-state index in [1.807, 2.05) is 12.1 Å². The maximum Gasteiger partial charge on any atom is 0.230 e. The first kappa shape index (κ1) is 16.0. The van der Waals surface area contributed by atoms with Gasteiger partial charge < -0.3 is 10.6 Å². The molecule has 1 saturated carbocycles. The van der Waals surface area contributed by atoms with E-state index in [9.17, 15) is 4.79 Å². The summed E-state index contributed by atoms with van der Waals surface area (Å²) in [6.45, 7) is 3.04. The number of nitrogens with one attached hydrogen (secondary N) is 2. The van der Waals surface area contributed by atoms with E-state index in [1.165, 1.54) is 12.0 Å². The molecule has 120 valence electrons. The van der Waals surface area contributed by atoms with Gasteiger partial charge in [0.2, 0.25) is 5.91 Å². The van der Waals surface area contributed by atoms with Gasteiger partial charge in [-0.25, -0.2) is 0 Å². The highest BCUT2D eigenvalue weighted by Crippen LogP contribution is 2.41. The van der Waals surface area contributed by atoms with E-state index in [2.05, 4.69) is 38.7 Å². The molecule has 1 atom stereocenters. The molecule has 4 heteroatoms. The Morgan fingerprint density at radius 2 is 2.00 bits per heavy atom. The quantitative estimate of drug-likeness (QED) is 0.840. The van der Waals surface area contributed by atoms with E-state index in [4.69, 9.17) is 0 Å². The fraction of sp³-hybridized carbons (Fsp3) is 0.611. The van der Waals surface area contributed by atoms with Gasteiger partial charge in [0.15, 0.2) is 0 Å². The summed E-state index contributed by atoms with van der Waals surface area (Å²) in [4.78, 5) is 12.9. The molecule has 1 heterocycles. The van der Waals surface area contributed by atoms with Crippen LogP contribution in [0.25, 0.3) is 0 Å². The van der Waals surface area contributed by atoms with Gasteiger partial charge in [0.05, 0.1) is 5.41 Å². The van der Waals surface area contributed by atoms with Crippen molar-refractivity contribution in [2.75, 3.05) is 19.6 Å². The molecule has 1 saturated heterocycles. The Morgan fingerprint density at radius 3 is 2.64 bits per heavy atom. The van der Waals surface area contributed by atoms with Crippen molar-refractivity contribution < 1.29 is 4.79 Å². The number of benzene rings is 1. The zero-order valence-electron chi connectivity index (χ0n) is 13.0. The number of hydrogen-bond donors (Lipinski definition) is 2. The minimum absolute atomic E-state index is 0.235. The second-order valence-electron chi connectivity index (χ2n) is 6.70. The molecular formula is C18H25BrN2O. The number of carbonyl (C=O) groups excluding carboxylic acids is 1. The average Bonchev–Trinajstić information content (AvgIpc) is 3.20. The molecule has 2 aliphatic rings. The van der Waals surface area contributed by atoms with E-state index in [-0.39, 0.29) is 11.3 Å². The van der Waals surface area contributed by atoms with Gasteiger partial charge in [0.25, 0.3) is 0 Å². The fourth-order valence-corrected chi connectivity index (χ4v) is 4.18. The smallest absolute Gasteiger partial charge is 0.230 e. The lowest BCUT2D eigenvalue weighted by Crippen LogP contribution is -2.43. The van der Waals surface area contributed by atoms with E-state index < -0.39 is 0 Å². The van der Waals surface area contributed by atoms with E-state index >= 15 is 0 Å². The minimum Gasteiger partial charge on any atom is -0.355 e. The predicted octanol–water partition coefficient (Wildman–Crippen LogP) is 3.38. The minimum atomic E-state index is -0.297. The van der Waals surface area contributed by atoms with Crippen LogP contribution in [0.2, 0.25) is 0 Å². The Kier molecular flexibility index (Phi) is 5.19. The third-order valence-electron chi connectivity index (χ3n) is 5.29. The summed E-state index contributed by atoms with van der Waals surface area (Å²) in [6.07, 6.45) is 6.59. The number of hydrogen-bond acceptors (Lipinski definition) is 2. The summed E-state index contributed by atoms with van der Waals surface area (Å²) in [5, 5.41) is 6.61. The van der Waals surface area contributed by atoms with Crippen molar-refractivity contribution in [3.63, 3.8) is 0 Å². The largest absolute Gasteiger partial charge is 0.355 e. The molecule has 1 unspecified atom stereocenters. The molecule has 0 aromatic heterocycles. The Hall–Kier alpha value is -0.870. The van der Waals surface area contributed by atoms with Crippen molar-refractivity contribution in [2.45, 2.75) is 43.9 Å². The lowest BCUT2D eigenvalue weighted by molar-refractivity contribution is -0.126. The van der Waals surface area contributed by atoms with Crippen molar-refractivity contribution in [3.05, 3.63) is 34.3 Å². The van der Waals surface area contributed by atoms with Crippen molar-refractivity contribution in [2.24, 2.45) is 5.92 Å². The summed E-state index contributed by atoms with van der Waals surface area (Å²) in [5.74, 6) is 0.964. The summed E-state index contributed by atoms with van der Waals surface area (Å²) in [7, 11) is 0. The molecule has 2 N–H and O–H groups in total. The highest BCUT2D eigenvalue weighted by Gasteiger charge is 2.42. The molecule has 1 amide bonds. The van der Waals surface area contributed by atoms with Crippen molar-refractivity contribution in [1.29, 1.82) is 0 Å². The normalized spacial score (nSPS) is 23.6. The number of carbonyl (C=O) groups is 1. The van der Waals surface area contributed by atoms with Crippen LogP contribution in [0, 0.1) is 5.92 Å². The maximum atomic E-state index is 12.9. The van der Waals surface area contributed by atoms with Crippen LogP contribution in [-0.2, 0) is 10.2 Å². The van der Waals surface area contributed by atoms with Gasteiger partial charge in [-0.15, -0.1) is 0 Å². The molecule has 0 radical (unpaired) electrons. The van der Waals surface area contributed by atoms with Gasteiger partial charge in [-0.2, -0.15) is 0 Å². The van der Waals surface area contributed by atoms with E-state index in [1.54, 1.807) is 0 Å². The molecule has 1 aliphatic heterocycles. The Bertz CT molecular complexity index is 502. The second kappa shape index (κ2) is 7.14. The molecule has 0 bridgehead atoms. The second-order valence-corrected chi connectivity index (χ2v) is 7.62. The van der Waals surface area contributed by atoms with Crippen LogP contribution in [0.15, 0.2) is 28.7 Å². The first-order valence-electron chi connectivity index (χ1n) is 8.46. The molecular weight excluding hydrogens is 340 g/mol. The zero-order chi connectivity index (χ0) is 15.4. The van der Waals surface area contributed by atoms with Crippen molar-refractivity contribution in [1.82, 2.24) is 10.6 Å². The topological polar surface area (TPSA) is 41.1 Å². The van der Waals surface area contributed by atoms with Crippen molar-refractivity contribution >= 4 is 21.8 Å². The van der Waals surface area contributed by atoms with Crippen LogP contribution in [0.4, 0.5) is 0 Å². The molecule has 1 aromatic carbocycles. The average molecular weight is 365 g/mol. The van der Waals surface area contributed by atoms with Crippen LogP contribution in [-0.4, -0.2) is 25.5 Å². The van der Waals surface area contributed by atoms with Crippen LogP contribution < -0.4 is 10.6 Å². The molecule has 2 fully saturated rings. The van der Waals surface area contributed by atoms with Gasteiger partial charge in [0.1, 0.15) is 0 Å². The highest BCUT2D eigenvalue weighted by atomic mass is 79.9. The number of amides is 1. The van der Waals surface area contributed by atoms with Crippen LogP contribution in [0.3, 0.4) is 0 Å². The van der Waals surface area contributed by atoms with Crippen LogP contribution in [0.5, 0.6) is 0 Å². The summed E-state index contributed by atoms with van der Waals surface area (Å²) in [5.41, 5.74) is 0.877. The SMILES string of the molecule is O=C(NCCC1CCNC1)C1(c2ccc(Br)cc2)CCCC1. The van der Waals surface area contributed by atoms with E-state index in [0.717, 1.165) is 62.1 Å². The summed E-state index contributed by atoms with van der Waals surface area (Å²) in [6, 6.07) is 8.31. The lowest BCUT2D eigenvalue weighted by atomic mass is 9.78. The highest BCUT2D eigenvalue weighted by molar-refractivity contribution is 9.10. The number of rotatable bonds is 5. The Labute approximate surface area is 141 Å². The Balaban J connectivity index is 1.64. The van der Waals surface area contributed by atoms with E-state index in [0.29, 0.717) is 0 Å². The molecule has 1 aromatic rings. The lowest BCUT2D eigenvalue weighted by Gasteiger charge is -2.28. The molecule has 1 aliphatic carbocycles. The third-order valence-corrected chi connectivity index (χ3v) is 5.82. The predicted molar refractivity (Wildman–Crippen MR) is 92.9 cm³/mol. The summed E-state index contributed by atoms with van der Waals surface area (Å²) >= 11 is 3.48. The molecule has 3 rings (SSSR count). The van der Waals surface area contributed by atoms with Gasteiger partial charge in [-0.1, -0.05) is 40.9 Å². The van der Waals surface area contributed by atoms with Crippen LogP contribution in [0.1, 0.15) is 44.1 Å². The van der Waals surface area contributed by atoms with Crippen LogP contribution >= 0.6 is 15.9 Å². The third kappa shape index (κ3) is 3.38. The number of halogens is 1. The van der Waals surface area contributed by atoms with Gasteiger partial charge in [-0.05, 0) is 62.4 Å². The maximum absolute atomic E-state index is 12.9. The fourth-order valence-electron chi connectivity index (χ4n) is 3.91. The molecule has 0 spiro atoms. The standard InChI is InChI=1S/C18H25BrN2O/c19-16-5-3-15(4-6-16)18(9-1-2-10-18)17(22)21-12-8-14-7-11-20-13-14/h3-6,14,20H,1-2,7-13H2,(H,21,22). The molecule has 3 nitrogen and oxygen atoms in total. The first-order chi connectivity index (χ1) is 10.7. The first-order valence-corrected chi connectivity index (χ1v) is 9.25. The Morgan fingerprint density at radius 1 is 1.27 bits per heavy atom. The van der Waals surface area contributed by atoms with Gasteiger partial charge in [-0.3, -0.25) is 4.79 Å². The van der Waals surface area contributed by atoms with Gasteiger partial charge >= 0.3 is 0 Å². The zero-order valence-corrected chi connectivity index (χ0v) is 14.6.